The zero-order valence-electron chi connectivity index (χ0n) is 7.02. The van der Waals surface area contributed by atoms with Crippen molar-refractivity contribution in [3.8, 4) is 6.07 Å². The molecular weight excluding hydrogens is 182 g/mol. The first kappa shape index (κ1) is 8.26. The molecule has 0 spiro atoms. The molecule has 5 nitrogen and oxygen atoms in total. The molecule has 0 atom stereocenters. The van der Waals surface area contributed by atoms with E-state index in [0.717, 1.165) is 5.39 Å². The lowest BCUT2D eigenvalue weighted by Gasteiger charge is -1.94. The van der Waals surface area contributed by atoms with Crippen molar-refractivity contribution in [2.24, 2.45) is 0 Å². The summed E-state index contributed by atoms with van der Waals surface area (Å²) in [6, 6.07) is 6.44. The van der Waals surface area contributed by atoms with Crippen LogP contribution in [0.15, 0.2) is 24.4 Å². The molecule has 14 heavy (non-hydrogen) atoms. The van der Waals surface area contributed by atoms with Crippen LogP contribution in [0, 0.1) is 21.4 Å². The summed E-state index contributed by atoms with van der Waals surface area (Å²) in [5.41, 5.74) is 0.584. The van der Waals surface area contributed by atoms with Gasteiger partial charge in [0.25, 0.3) is 5.69 Å². The Kier molecular flexibility index (Phi) is 1.68. The Morgan fingerprint density at radius 2 is 2.29 bits per heavy atom. The molecule has 1 N–H and O–H groups in total. The number of nitrogens with one attached hydrogen (secondary N) is 1. The summed E-state index contributed by atoms with van der Waals surface area (Å²) < 4.78 is 0. The van der Waals surface area contributed by atoms with Crippen molar-refractivity contribution < 1.29 is 4.92 Å². The molecule has 2 aromatic rings. The van der Waals surface area contributed by atoms with Crippen LogP contribution in [0.1, 0.15) is 5.56 Å². The smallest absolute Gasteiger partial charge is 0.289 e. The lowest BCUT2D eigenvalue weighted by Crippen LogP contribution is -1.91. The van der Waals surface area contributed by atoms with Crippen LogP contribution in [-0.4, -0.2) is 9.91 Å². The Morgan fingerprint density at radius 1 is 1.50 bits per heavy atom. The zero-order chi connectivity index (χ0) is 10.1. The Hall–Kier alpha value is -2.35. The molecule has 0 amide bonds. The number of nitro benzene ring substituents is 1. The highest BCUT2D eigenvalue weighted by molar-refractivity contribution is 5.84. The van der Waals surface area contributed by atoms with E-state index < -0.39 is 4.92 Å². The lowest BCUT2D eigenvalue weighted by molar-refractivity contribution is -0.385. The maximum atomic E-state index is 10.6. The third-order valence-corrected chi connectivity index (χ3v) is 1.99. The standard InChI is InChI=1S/C9H5N3O2/c10-5-7-3-6-1-2-11-8(6)4-9(7)12(13)14/h1-4,11H. The first-order chi connectivity index (χ1) is 6.72. The number of nitrogens with zero attached hydrogens (tertiary/aromatic N) is 2. The second kappa shape index (κ2) is 2.85. The van der Waals surface area contributed by atoms with Crippen LogP contribution in [0.25, 0.3) is 10.9 Å². The fourth-order valence-electron chi connectivity index (χ4n) is 1.33. The van der Waals surface area contributed by atoms with Crippen molar-refractivity contribution in [2.75, 3.05) is 0 Å². The molecule has 0 aliphatic rings. The van der Waals surface area contributed by atoms with Gasteiger partial charge in [0, 0.05) is 17.6 Å². The van der Waals surface area contributed by atoms with E-state index >= 15 is 0 Å². The summed E-state index contributed by atoms with van der Waals surface area (Å²) in [6.07, 6.45) is 1.68. The molecule has 0 radical (unpaired) electrons. The number of H-pyrrole nitrogens is 1. The molecule has 0 aliphatic heterocycles. The third kappa shape index (κ3) is 1.10. The number of benzene rings is 1. The van der Waals surface area contributed by atoms with Gasteiger partial charge < -0.3 is 4.98 Å². The van der Waals surface area contributed by atoms with E-state index in [2.05, 4.69) is 4.98 Å². The van der Waals surface area contributed by atoms with Gasteiger partial charge in [-0.1, -0.05) is 0 Å². The van der Waals surface area contributed by atoms with E-state index in [-0.39, 0.29) is 11.3 Å². The Morgan fingerprint density at radius 3 is 2.93 bits per heavy atom. The molecule has 0 fully saturated rings. The van der Waals surface area contributed by atoms with Gasteiger partial charge in [0.2, 0.25) is 0 Å². The van der Waals surface area contributed by atoms with Gasteiger partial charge in [-0.05, 0) is 12.1 Å². The summed E-state index contributed by atoms with van der Waals surface area (Å²) in [6.45, 7) is 0. The summed E-state index contributed by atoms with van der Waals surface area (Å²) in [5, 5.41) is 20.1. The van der Waals surface area contributed by atoms with Crippen molar-refractivity contribution in [1.82, 2.24) is 4.98 Å². The van der Waals surface area contributed by atoms with Gasteiger partial charge >= 0.3 is 0 Å². The van der Waals surface area contributed by atoms with E-state index in [1.165, 1.54) is 12.1 Å². The van der Waals surface area contributed by atoms with Crippen molar-refractivity contribution >= 4 is 16.6 Å². The molecule has 5 heteroatoms. The maximum Gasteiger partial charge on any atom is 0.289 e. The van der Waals surface area contributed by atoms with Crippen LogP contribution in [0.2, 0.25) is 0 Å². The second-order valence-corrected chi connectivity index (χ2v) is 2.80. The largest absolute Gasteiger partial charge is 0.361 e. The highest BCUT2D eigenvalue weighted by Crippen LogP contribution is 2.24. The van der Waals surface area contributed by atoms with Crippen molar-refractivity contribution in [3.05, 3.63) is 40.1 Å². The number of hydrogen-bond acceptors (Lipinski definition) is 3. The van der Waals surface area contributed by atoms with Gasteiger partial charge in [-0.25, -0.2) is 0 Å². The highest BCUT2D eigenvalue weighted by atomic mass is 16.6. The number of rotatable bonds is 1. The minimum Gasteiger partial charge on any atom is -0.361 e. The molecule has 1 aromatic heterocycles. The first-order valence-corrected chi connectivity index (χ1v) is 3.88. The van der Waals surface area contributed by atoms with Gasteiger partial charge in [0.05, 0.1) is 10.4 Å². The van der Waals surface area contributed by atoms with Gasteiger partial charge in [-0.15, -0.1) is 0 Å². The molecule has 1 heterocycles. The molecule has 0 saturated carbocycles. The van der Waals surface area contributed by atoms with Gasteiger partial charge in [0.1, 0.15) is 11.6 Å². The number of aromatic nitrogens is 1. The maximum absolute atomic E-state index is 10.6. The van der Waals surface area contributed by atoms with E-state index in [4.69, 9.17) is 5.26 Å². The summed E-state index contributed by atoms with van der Waals surface area (Å²) in [5.74, 6) is 0. The average Bonchev–Trinajstić information content (AvgIpc) is 2.62. The van der Waals surface area contributed by atoms with Gasteiger partial charge in [-0.3, -0.25) is 10.1 Å². The predicted molar refractivity (Wildman–Crippen MR) is 49.7 cm³/mol. The van der Waals surface area contributed by atoms with Crippen molar-refractivity contribution in [3.63, 3.8) is 0 Å². The first-order valence-electron chi connectivity index (χ1n) is 3.88. The van der Waals surface area contributed by atoms with Crippen LogP contribution < -0.4 is 0 Å². The van der Waals surface area contributed by atoms with Crippen LogP contribution in [0.3, 0.4) is 0 Å². The molecule has 0 bridgehead atoms. The van der Waals surface area contributed by atoms with E-state index in [1.54, 1.807) is 18.3 Å². The normalized spacial score (nSPS) is 9.93. The number of hydrogen-bond donors (Lipinski definition) is 1. The van der Waals surface area contributed by atoms with Crippen LogP contribution in [0.5, 0.6) is 0 Å². The minimum absolute atomic E-state index is 0.0853. The summed E-state index contributed by atoms with van der Waals surface area (Å²) >= 11 is 0. The van der Waals surface area contributed by atoms with Crippen molar-refractivity contribution in [2.45, 2.75) is 0 Å². The quantitative estimate of drug-likeness (QED) is 0.547. The Labute approximate surface area is 78.7 Å². The Bertz CT molecular complexity index is 551. The van der Waals surface area contributed by atoms with Crippen LogP contribution in [-0.2, 0) is 0 Å². The number of fused-ring (bicyclic) bond motifs is 1. The van der Waals surface area contributed by atoms with Gasteiger partial charge in [-0.2, -0.15) is 5.26 Å². The minimum atomic E-state index is -0.557. The topological polar surface area (TPSA) is 82.7 Å². The SMILES string of the molecule is N#Cc1cc2cc[nH]c2cc1[N+](=O)[O-]. The highest BCUT2D eigenvalue weighted by Gasteiger charge is 2.14. The number of aromatic amines is 1. The lowest BCUT2D eigenvalue weighted by atomic mass is 10.1. The number of nitro groups is 1. The molecule has 0 saturated heterocycles. The Balaban J connectivity index is 2.81. The van der Waals surface area contributed by atoms with E-state index in [1.807, 2.05) is 0 Å². The molecule has 0 unspecified atom stereocenters. The molecule has 1 aromatic carbocycles. The van der Waals surface area contributed by atoms with E-state index in [0.29, 0.717) is 5.52 Å². The van der Waals surface area contributed by atoms with Crippen LogP contribution >= 0.6 is 0 Å². The predicted octanol–water partition coefficient (Wildman–Crippen LogP) is 1.95. The zero-order valence-corrected chi connectivity index (χ0v) is 7.02. The molecule has 68 valence electrons. The molecular formula is C9H5N3O2. The monoisotopic (exact) mass is 187 g/mol. The fraction of sp³-hybridized carbons (Fsp3) is 0. The van der Waals surface area contributed by atoms with E-state index in [9.17, 15) is 10.1 Å². The van der Waals surface area contributed by atoms with Crippen molar-refractivity contribution in [1.29, 1.82) is 5.26 Å². The fourth-order valence-corrected chi connectivity index (χ4v) is 1.33. The third-order valence-electron chi connectivity index (χ3n) is 1.99. The molecule has 0 aliphatic carbocycles. The molecule has 2 rings (SSSR count). The second-order valence-electron chi connectivity index (χ2n) is 2.80. The van der Waals surface area contributed by atoms with Crippen LogP contribution in [0.4, 0.5) is 5.69 Å². The summed E-state index contributed by atoms with van der Waals surface area (Å²) in [4.78, 5) is 12.9. The average molecular weight is 187 g/mol. The van der Waals surface area contributed by atoms with Gasteiger partial charge in [0.15, 0.2) is 0 Å². The number of nitriles is 1. The summed E-state index contributed by atoms with van der Waals surface area (Å²) in [7, 11) is 0.